The van der Waals surface area contributed by atoms with Crippen LogP contribution in [0.5, 0.6) is 0 Å². The first-order valence-electron chi connectivity index (χ1n) is 7.59. The van der Waals surface area contributed by atoms with Crippen molar-refractivity contribution in [2.24, 2.45) is 5.92 Å². The van der Waals surface area contributed by atoms with Gasteiger partial charge in [-0.3, -0.25) is 14.7 Å². The smallest absolute Gasteiger partial charge is 0.223 e. The average Bonchev–Trinajstić information content (AvgIpc) is 2.49. The lowest BCUT2D eigenvalue weighted by molar-refractivity contribution is -0.127. The zero-order valence-corrected chi connectivity index (χ0v) is 12.9. The number of rotatable bonds is 6. The molecule has 1 fully saturated rings. The molecule has 1 atom stereocenters. The molecule has 1 saturated heterocycles. The van der Waals surface area contributed by atoms with Crippen molar-refractivity contribution in [1.29, 1.82) is 0 Å². The molecule has 0 spiro atoms. The van der Waals surface area contributed by atoms with Crippen molar-refractivity contribution in [3.63, 3.8) is 0 Å². The van der Waals surface area contributed by atoms with Gasteiger partial charge in [-0.2, -0.15) is 0 Å². The van der Waals surface area contributed by atoms with Gasteiger partial charge in [0.1, 0.15) is 0 Å². The first-order chi connectivity index (χ1) is 10.2. The van der Waals surface area contributed by atoms with E-state index in [2.05, 4.69) is 21.3 Å². The minimum atomic E-state index is 0.0796. The van der Waals surface area contributed by atoms with Crippen LogP contribution in [-0.2, 0) is 16.1 Å². The number of pyridine rings is 1. The maximum atomic E-state index is 12.2. The summed E-state index contributed by atoms with van der Waals surface area (Å²) in [4.78, 5) is 18.7. The van der Waals surface area contributed by atoms with Crippen molar-refractivity contribution < 1.29 is 9.53 Å². The Bertz CT molecular complexity index is 430. The average molecular weight is 291 g/mol. The second kappa shape index (κ2) is 8.10. The van der Waals surface area contributed by atoms with Crippen molar-refractivity contribution in [3.8, 4) is 0 Å². The maximum Gasteiger partial charge on any atom is 0.223 e. The summed E-state index contributed by atoms with van der Waals surface area (Å²) in [5.74, 6) is 0.301. The van der Waals surface area contributed by atoms with E-state index in [1.165, 1.54) is 5.56 Å². The van der Waals surface area contributed by atoms with Crippen LogP contribution in [0.4, 0.5) is 0 Å². The molecule has 116 valence electrons. The van der Waals surface area contributed by atoms with E-state index >= 15 is 0 Å². The van der Waals surface area contributed by atoms with Gasteiger partial charge in [-0.25, -0.2) is 0 Å². The van der Waals surface area contributed by atoms with Gasteiger partial charge in [-0.15, -0.1) is 0 Å². The Kier molecular flexibility index (Phi) is 6.14. The highest BCUT2D eigenvalue weighted by atomic mass is 16.5. The van der Waals surface area contributed by atoms with Gasteiger partial charge in [-0.05, 0) is 44.5 Å². The third-order valence-electron chi connectivity index (χ3n) is 3.89. The summed E-state index contributed by atoms with van der Waals surface area (Å²) in [7, 11) is 1.65. The maximum absolute atomic E-state index is 12.2. The fourth-order valence-electron chi connectivity index (χ4n) is 2.76. The number of nitrogens with one attached hydrogen (secondary N) is 1. The third-order valence-corrected chi connectivity index (χ3v) is 3.89. The molecule has 0 radical (unpaired) electrons. The summed E-state index contributed by atoms with van der Waals surface area (Å²) in [5.41, 5.74) is 1.23. The van der Waals surface area contributed by atoms with E-state index in [0.29, 0.717) is 6.61 Å². The quantitative estimate of drug-likeness (QED) is 0.862. The number of carbonyl (C=O) groups excluding carboxylic acids is 1. The first-order valence-corrected chi connectivity index (χ1v) is 7.59. The lowest BCUT2D eigenvalue weighted by atomic mass is 9.95. The Morgan fingerprint density at radius 3 is 2.90 bits per heavy atom. The van der Waals surface area contributed by atoms with E-state index in [1.807, 2.05) is 19.2 Å². The molecule has 5 nitrogen and oxygen atoms in total. The number of hydrogen-bond acceptors (Lipinski definition) is 4. The Hall–Kier alpha value is -1.46. The summed E-state index contributed by atoms with van der Waals surface area (Å²) in [6.45, 7) is 5.38. The molecule has 1 amide bonds. The van der Waals surface area contributed by atoms with Crippen molar-refractivity contribution in [2.75, 3.05) is 26.8 Å². The van der Waals surface area contributed by atoms with Gasteiger partial charge in [0.15, 0.2) is 0 Å². The van der Waals surface area contributed by atoms with Crippen LogP contribution in [0, 0.1) is 5.92 Å². The van der Waals surface area contributed by atoms with E-state index in [0.717, 1.165) is 32.5 Å². The van der Waals surface area contributed by atoms with E-state index in [1.54, 1.807) is 13.3 Å². The highest BCUT2D eigenvalue weighted by molar-refractivity contribution is 5.79. The summed E-state index contributed by atoms with van der Waals surface area (Å²) >= 11 is 0. The molecule has 0 unspecified atom stereocenters. The molecule has 1 aliphatic heterocycles. The standard InChI is InChI=1S/C16H25N3O2/c1-13(12-21-2)18-16(20)15-5-8-19(9-6-15)11-14-4-3-7-17-10-14/h3-4,7,10,13,15H,5-6,8-9,11-12H2,1-2H3,(H,18,20)/t13-/m0/s1. The zero-order chi connectivity index (χ0) is 15.1. The summed E-state index contributed by atoms with van der Waals surface area (Å²) in [5, 5.41) is 3.02. The van der Waals surface area contributed by atoms with Gasteiger partial charge in [0.05, 0.1) is 6.61 Å². The fraction of sp³-hybridized carbons (Fsp3) is 0.625. The fourth-order valence-corrected chi connectivity index (χ4v) is 2.76. The number of nitrogens with zero attached hydrogens (tertiary/aromatic N) is 2. The van der Waals surface area contributed by atoms with Gasteiger partial charge >= 0.3 is 0 Å². The number of aromatic nitrogens is 1. The molecular formula is C16H25N3O2. The van der Waals surface area contributed by atoms with Crippen molar-refractivity contribution in [3.05, 3.63) is 30.1 Å². The molecule has 2 rings (SSSR count). The normalized spacial score (nSPS) is 18.4. The number of piperidine rings is 1. The molecule has 0 aliphatic carbocycles. The first kappa shape index (κ1) is 15.9. The highest BCUT2D eigenvalue weighted by Crippen LogP contribution is 2.19. The van der Waals surface area contributed by atoms with Crippen LogP contribution < -0.4 is 5.32 Å². The van der Waals surface area contributed by atoms with Gasteiger partial charge in [0.25, 0.3) is 0 Å². The topological polar surface area (TPSA) is 54.5 Å². The van der Waals surface area contributed by atoms with Gasteiger partial charge in [-0.1, -0.05) is 6.07 Å². The van der Waals surface area contributed by atoms with Crippen LogP contribution in [0.3, 0.4) is 0 Å². The SMILES string of the molecule is COC[C@H](C)NC(=O)C1CCN(Cc2cccnc2)CC1. The van der Waals surface area contributed by atoms with Gasteiger partial charge in [0.2, 0.25) is 5.91 Å². The number of methoxy groups -OCH3 is 1. The molecular weight excluding hydrogens is 266 g/mol. The third kappa shape index (κ3) is 5.10. The van der Waals surface area contributed by atoms with Crippen LogP contribution in [0.15, 0.2) is 24.5 Å². The lowest BCUT2D eigenvalue weighted by Gasteiger charge is -2.31. The number of hydrogen-bond donors (Lipinski definition) is 1. The van der Waals surface area contributed by atoms with E-state index in [4.69, 9.17) is 4.74 Å². The second-order valence-corrected chi connectivity index (χ2v) is 5.78. The number of ether oxygens (including phenoxy) is 1. The number of carbonyl (C=O) groups is 1. The molecule has 0 bridgehead atoms. The lowest BCUT2D eigenvalue weighted by Crippen LogP contribution is -2.44. The second-order valence-electron chi connectivity index (χ2n) is 5.78. The van der Waals surface area contributed by atoms with Crippen LogP contribution in [0.25, 0.3) is 0 Å². The molecule has 1 aromatic rings. The van der Waals surface area contributed by atoms with E-state index < -0.39 is 0 Å². The van der Waals surface area contributed by atoms with Crippen molar-refractivity contribution >= 4 is 5.91 Å². The van der Waals surface area contributed by atoms with E-state index in [-0.39, 0.29) is 17.9 Å². The van der Waals surface area contributed by atoms with Crippen LogP contribution >= 0.6 is 0 Å². The molecule has 0 saturated carbocycles. The monoisotopic (exact) mass is 291 g/mol. The summed E-state index contributed by atoms with van der Waals surface area (Å²) in [6, 6.07) is 4.14. The molecule has 5 heteroatoms. The minimum Gasteiger partial charge on any atom is -0.383 e. The number of likely N-dealkylation sites (tertiary alicyclic amines) is 1. The van der Waals surface area contributed by atoms with Gasteiger partial charge < -0.3 is 10.1 Å². The molecule has 1 aromatic heterocycles. The highest BCUT2D eigenvalue weighted by Gasteiger charge is 2.25. The van der Waals surface area contributed by atoms with Crippen LogP contribution in [-0.4, -0.2) is 48.6 Å². The predicted molar refractivity (Wildman–Crippen MR) is 81.7 cm³/mol. The molecule has 2 heterocycles. The summed E-state index contributed by atoms with van der Waals surface area (Å²) < 4.78 is 5.05. The minimum absolute atomic E-state index is 0.0796. The molecule has 21 heavy (non-hydrogen) atoms. The van der Waals surface area contributed by atoms with Crippen LogP contribution in [0.2, 0.25) is 0 Å². The Labute approximate surface area is 126 Å². The van der Waals surface area contributed by atoms with Crippen LogP contribution in [0.1, 0.15) is 25.3 Å². The Morgan fingerprint density at radius 1 is 1.52 bits per heavy atom. The Balaban J connectivity index is 1.74. The van der Waals surface area contributed by atoms with E-state index in [9.17, 15) is 4.79 Å². The molecule has 1 aliphatic rings. The van der Waals surface area contributed by atoms with Crippen molar-refractivity contribution in [1.82, 2.24) is 15.2 Å². The predicted octanol–water partition coefficient (Wildman–Crippen LogP) is 1.44. The zero-order valence-electron chi connectivity index (χ0n) is 12.9. The van der Waals surface area contributed by atoms with Crippen molar-refractivity contribution in [2.45, 2.75) is 32.4 Å². The largest absolute Gasteiger partial charge is 0.383 e. The molecule has 0 aromatic carbocycles. The Morgan fingerprint density at radius 2 is 2.29 bits per heavy atom. The molecule has 1 N–H and O–H groups in total. The van der Waals surface area contributed by atoms with Gasteiger partial charge in [0, 0.05) is 38.0 Å². The number of amides is 1. The summed E-state index contributed by atoms with van der Waals surface area (Å²) in [6.07, 6.45) is 5.55.